The van der Waals surface area contributed by atoms with E-state index in [1.807, 2.05) is 19.1 Å². The number of hydrogen-bond acceptors (Lipinski definition) is 3. The largest absolute Gasteiger partial charge is 0.322 e. The Balaban J connectivity index is 2.26. The minimum atomic E-state index is -0.595. The summed E-state index contributed by atoms with van der Waals surface area (Å²) in [4.78, 5) is 22.3. The van der Waals surface area contributed by atoms with Crippen LogP contribution in [0.4, 0.5) is 11.4 Å². The van der Waals surface area contributed by atoms with E-state index in [9.17, 15) is 14.9 Å². The number of nitrogens with zero attached hydrogens (tertiary/aromatic N) is 1. The lowest BCUT2D eigenvalue weighted by molar-refractivity contribution is -0.384. The molecule has 5 nitrogen and oxygen atoms in total. The summed E-state index contributed by atoms with van der Waals surface area (Å²) in [6.07, 6.45) is 0. The lowest BCUT2D eigenvalue weighted by Gasteiger charge is -2.09. The molecule has 0 unspecified atom stereocenters. The molecule has 0 atom stereocenters. The van der Waals surface area contributed by atoms with E-state index in [4.69, 9.17) is 11.6 Å². The second kappa shape index (κ2) is 6.24. The predicted molar refractivity (Wildman–Crippen MR) is 84.9 cm³/mol. The Morgan fingerprint density at radius 2 is 2.00 bits per heavy atom. The van der Waals surface area contributed by atoms with E-state index < -0.39 is 4.92 Å². The van der Waals surface area contributed by atoms with Gasteiger partial charge in [-0.1, -0.05) is 33.6 Å². The van der Waals surface area contributed by atoms with Crippen molar-refractivity contribution >= 4 is 44.8 Å². The number of rotatable bonds is 3. The number of nitro benzene ring substituents is 1. The van der Waals surface area contributed by atoms with Crippen LogP contribution in [0.2, 0.25) is 5.02 Å². The van der Waals surface area contributed by atoms with Gasteiger partial charge in [0, 0.05) is 21.8 Å². The van der Waals surface area contributed by atoms with E-state index in [1.165, 1.54) is 18.2 Å². The number of hydrogen-bond donors (Lipinski definition) is 1. The Kier molecular flexibility index (Phi) is 4.59. The Hall–Kier alpha value is -1.92. The SMILES string of the molecule is Cc1ccc(Br)cc1NC(=O)c1ccc([N+](=O)[O-])c(Cl)c1. The van der Waals surface area contributed by atoms with Crippen molar-refractivity contribution in [1.82, 2.24) is 0 Å². The number of carbonyl (C=O) groups excluding carboxylic acids is 1. The van der Waals surface area contributed by atoms with Gasteiger partial charge in [-0.2, -0.15) is 0 Å². The van der Waals surface area contributed by atoms with Crippen molar-refractivity contribution in [2.75, 3.05) is 5.32 Å². The van der Waals surface area contributed by atoms with Gasteiger partial charge in [0.05, 0.1) is 4.92 Å². The number of aryl methyl sites for hydroxylation is 1. The van der Waals surface area contributed by atoms with Crippen LogP contribution in [0.15, 0.2) is 40.9 Å². The molecule has 1 amide bonds. The summed E-state index contributed by atoms with van der Waals surface area (Å²) >= 11 is 9.13. The molecule has 2 rings (SSSR count). The third-order valence-corrected chi connectivity index (χ3v) is 3.65. The third kappa shape index (κ3) is 3.59. The zero-order valence-corrected chi connectivity index (χ0v) is 13.2. The molecule has 0 spiro atoms. The van der Waals surface area contributed by atoms with Gasteiger partial charge in [0.25, 0.3) is 11.6 Å². The molecule has 0 saturated carbocycles. The number of nitrogens with one attached hydrogen (secondary N) is 1. The maximum atomic E-state index is 12.2. The summed E-state index contributed by atoms with van der Waals surface area (Å²) in [5.41, 5.74) is 1.58. The van der Waals surface area contributed by atoms with Crippen LogP contribution in [0.25, 0.3) is 0 Å². The van der Waals surface area contributed by atoms with Gasteiger partial charge in [0.15, 0.2) is 0 Å². The number of benzene rings is 2. The molecule has 21 heavy (non-hydrogen) atoms. The highest BCUT2D eigenvalue weighted by atomic mass is 79.9. The minimum Gasteiger partial charge on any atom is -0.322 e. The molecule has 0 saturated heterocycles. The minimum absolute atomic E-state index is 0.0707. The molecule has 0 aromatic heterocycles. The van der Waals surface area contributed by atoms with Crippen LogP contribution in [-0.2, 0) is 0 Å². The first kappa shape index (κ1) is 15.5. The van der Waals surface area contributed by atoms with Crippen molar-refractivity contribution in [1.29, 1.82) is 0 Å². The molecular weight excluding hydrogens is 360 g/mol. The lowest BCUT2D eigenvalue weighted by Crippen LogP contribution is -2.13. The normalized spacial score (nSPS) is 10.2. The lowest BCUT2D eigenvalue weighted by atomic mass is 10.1. The molecule has 2 aromatic rings. The molecule has 0 fully saturated rings. The summed E-state index contributed by atoms with van der Waals surface area (Å²) in [5.74, 6) is -0.381. The standard InChI is InChI=1S/C14H10BrClN2O3/c1-8-2-4-10(15)7-12(8)17-14(19)9-3-5-13(18(20)21)11(16)6-9/h2-7H,1H3,(H,17,19). The van der Waals surface area contributed by atoms with Gasteiger partial charge in [-0.25, -0.2) is 0 Å². The molecule has 0 bridgehead atoms. The van der Waals surface area contributed by atoms with Crippen LogP contribution in [0.5, 0.6) is 0 Å². The summed E-state index contributed by atoms with van der Waals surface area (Å²) in [6.45, 7) is 1.87. The Labute approximate surface area is 134 Å². The molecule has 0 aliphatic heterocycles. The maximum absolute atomic E-state index is 12.2. The van der Waals surface area contributed by atoms with Crippen molar-refractivity contribution < 1.29 is 9.72 Å². The van der Waals surface area contributed by atoms with E-state index >= 15 is 0 Å². The smallest absolute Gasteiger partial charge is 0.287 e. The number of anilines is 1. The monoisotopic (exact) mass is 368 g/mol. The average molecular weight is 370 g/mol. The first-order valence-corrected chi connectivity index (χ1v) is 7.07. The van der Waals surface area contributed by atoms with Crippen molar-refractivity contribution in [3.63, 3.8) is 0 Å². The van der Waals surface area contributed by atoms with Crippen molar-refractivity contribution in [3.8, 4) is 0 Å². The summed E-state index contributed by atoms with van der Waals surface area (Å²) in [6, 6.07) is 9.37. The van der Waals surface area contributed by atoms with Gasteiger partial charge in [-0.15, -0.1) is 0 Å². The van der Waals surface area contributed by atoms with E-state index in [0.29, 0.717) is 5.69 Å². The second-order valence-electron chi connectivity index (χ2n) is 4.34. The van der Waals surface area contributed by atoms with Crippen molar-refractivity contribution in [3.05, 3.63) is 67.1 Å². The highest BCUT2D eigenvalue weighted by Gasteiger charge is 2.15. The zero-order valence-electron chi connectivity index (χ0n) is 10.9. The number of amides is 1. The Bertz CT molecular complexity index is 734. The Morgan fingerprint density at radius 1 is 1.29 bits per heavy atom. The van der Waals surface area contributed by atoms with Gasteiger partial charge in [0.2, 0.25) is 0 Å². The summed E-state index contributed by atoms with van der Waals surface area (Å²) in [7, 11) is 0. The van der Waals surface area contributed by atoms with Crippen LogP contribution in [0.1, 0.15) is 15.9 Å². The molecule has 108 valence electrons. The van der Waals surface area contributed by atoms with Crippen LogP contribution >= 0.6 is 27.5 Å². The van der Waals surface area contributed by atoms with Gasteiger partial charge in [0.1, 0.15) is 5.02 Å². The van der Waals surface area contributed by atoms with Gasteiger partial charge < -0.3 is 5.32 Å². The number of nitro groups is 1. The highest BCUT2D eigenvalue weighted by Crippen LogP contribution is 2.26. The average Bonchev–Trinajstić information content (AvgIpc) is 2.42. The van der Waals surface area contributed by atoms with E-state index in [2.05, 4.69) is 21.2 Å². The zero-order chi connectivity index (χ0) is 15.6. The van der Waals surface area contributed by atoms with Crippen molar-refractivity contribution in [2.24, 2.45) is 0 Å². The number of carbonyl (C=O) groups is 1. The van der Waals surface area contributed by atoms with Crippen LogP contribution in [-0.4, -0.2) is 10.8 Å². The quantitative estimate of drug-likeness (QED) is 0.636. The maximum Gasteiger partial charge on any atom is 0.287 e. The topological polar surface area (TPSA) is 72.2 Å². The van der Waals surface area contributed by atoms with E-state index in [-0.39, 0.29) is 22.2 Å². The fraction of sp³-hybridized carbons (Fsp3) is 0.0714. The van der Waals surface area contributed by atoms with Crippen molar-refractivity contribution in [2.45, 2.75) is 6.92 Å². The third-order valence-electron chi connectivity index (χ3n) is 2.85. The van der Waals surface area contributed by atoms with E-state index in [0.717, 1.165) is 10.0 Å². The molecular formula is C14H10BrClN2O3. The molecule has 0 heterocycles. The molecule has 0 radical (unpaired) electrons. The molecule has 0 aliphatic rings. The first-order valence-electron chi connectivity index (χ1n) is 5.90. The molecule has 1 N–H and O–H groups in total. The molecule has 2 aromatic carbocycles. The second-order valence-corrected chi connectivity index (χ2v) is 5.66. The van der Waals surface area contributed by atoms with Gasteiger partial charge >= 0.3 is 0 Å². The van der Waals surface area contributed by atoms with Crippen LogP contribution in [0, 0.1) is 17.0 Å². The van der Waals surface area contributed by atoms with Crippen LogP contribution in [0.3, 0.4) is 0 Å². The fourth-order valence-corrected chi connectivity index (χ4v) is 2.33. The predicted octanol–water partition coefficient (Wildman–Crippen LogP) is 4.57. The summed E-state index contributed by atoms with van der Waals surface area (Å²) in [5, 5.41) is 13.4. The van der Waals surface area contributed by atoms with Gasteiger partial charge in [-0.3, -0.25) is 14.9 Å². The fourth-order valence-electron chi connectivity index (χ4n) is 1.72. The molecule has 7 heteroatoms. The number of halogens is 2. The van der Waals surface area contributed by atoms with E-state index in [1.54, 1.807) is 6.07 Å². The highest BCUT2D eigenvalue weighted by molar-refractivity contribution is 9.10. The first-order chi connectivity index (χ1) is 9.88. The summed E-state index contributed by atoms with van der Waals surface area (Å²) < 4.78 is 0.838. The van der Waals surface area contributed by atoms with Gasteiger partial charge in [-0.05, 0) is 36.8 Å². The van der Waals surface area contributed by atoms with Crippen LogP contribution < -0.4 is 5.32 Å². The Morgan fingerprint density at radius 3 is 2.62 bits per heavy atom. The molecule has 0 aliphatic carbocycles.